The van der Waals surface area contributed by atoms with Crippen molar-refractivity contribution in [3.63, 3.8) is 0 Å². The molecule has 8 heteroatoms. The van der Waals surface area contributed by atoms with Gasteiger partial charge in [-0.15, -0.1) is 0 Å². The van der Waals surface area contributed by atoms with Gasteiger partial charge in [0.2, 0.25) is 0 Å². The average molecular weight is 577 g/mol. The Labute approximate surface area is 246 Å². The second kappa shape index (κ2) is 24.2. The molecule has 0 saturated heterocycles. The van der Waals surface area contributed by atoms with Gasteiger partial charge in [0.1, 0.15) is 0 Å². The molecule has 0 bridgehead atoms. The first kappa shape index (κ1) is 37.7. The molecule has 4 aliphatic rings. The van der Waals surface area contributed by atoms with Gasteiger partial charge in [-0.1, -0.05) is 25.7 Å². The Balaban J connectivity index is 0.000000267. The molecule has 0 aromatic heterocycles. The highest BCUT2D eigenvalue weighted by Crippen LogP contribution is 2.24. The molecule has 4 aliphatic carbocycles. The van der Waals surface area contributed by atoms with E-state index < -0.39 is 0 Å². The van der Waals surface area contributed by atoms with Gasteiger partial charge in [-0.3, -0.25) is 0 Å². The number of hydrogen-bond acceptors (Lipinski definition) is 8. The number of ether oxygens (including phenoxy) is 8. The van der Waals surface area contributed by atoms with Crippen LogP contribution in [0.15, 0.2) is 0 Å². The fourth-order valence-electron chi connectivity index (χ4n) is 6.24. The van der Waals surface area contributed by atoms with Gasteiger partial charge in [0, 0.05) is 56.9 Å². The van der Waals surface area contributed by atoms with Gasteiger partial charge in [0.25, 0.3) is 0 Å². The quantitative estimate of drug-likeness (QED) is 0.330. The first-order valence-corrected chi connectivity index (χ1v) is 15.7. The number of rotatable bonds is 8. The zero-order valence-electron chi connectivity index (χ0n) is 27.2. The SMILES string of the molecule is COC1CCC(OC)CC1.COC1CCCC(OC)C1.COC1CCCCC1OC.COC1CCCCC1OC. The molecule has 0 aromatic rings. The monoisotopic (exact) mass is 576 g/mol. The summed E-state index contributed by atoms with van der Waals surface area (Å²) in [6, 6.07) is 0. The molecule has 4 rings (SSSR count). The lowest BCUT2D eigenvalue weighted by atomic mass is 9.95. The van der Waals surface area contributed by atoms with Crippen molar-refractivity contribution in [2.24, 2.45) is 0 Å². The Kier molecular flexibility index (Phi) is 22.8. The van der Waals surface area contributed by atoms with Crippen LogP contribution in [0.1, 0.15) is 103 Å². The molecule has 0 aromatic carbocycles. The van der Waals surface area contributed by atoms with E-state index in [1.54, 1.807) is 56.9 Å². The molecule has 0 spiro atoms. The Hall–Kier alpha value is -0.320. The molecule has 0 aliphatic heterocycles. The van der Waals surface area contributed by atoms with Crippen LogP contribution >= 0.6 is 0 Å². The number of hydrogen-bond donors (Lipinski definition) is 0. The van der Waals surface area contributed by atoms with E-state index >= 15 is 0 Å². The predicted octanol–water partition coefficient (Wildman–Crippen LogP) is 6.36. The summed E-state index contributed by atoms with van der Waals surface area (Å²) in [5, 5.41) is 0. The third kappa shape index (κ3) is 15.2. The molecule has 240 valence electrons. The molecular weight excluding hydrogens is 512 g/mol. The highest BCUT2D eigenvalue weighted by Gasteiger charge is 2.25. The zero-order chi connectivity index (χ0) is 29.6. The van der Waals surface area contributed by atoms with Gasteiger partial charge in [-0.25, -0.2) is 0 Å². The summed E-state index contributed by atoms with van der Waals surface area (Å²) in [6.07, 6.45) is 22.4. The summed E-state index contributed by atoms with van der Waals surface area (Å²) in [4.78, 5) is 0. The second-order valence-electron chi connectivity index (χ2n) is 11.4. The molecule has 0 heterocycles. The topological polar surface area (TPSA) is 73.8 Å². The summed E-state index contributed by atoms with van der Waals surface area (Å²) >= 11 is 0. The molecule has 0 amide bonds. The molecule has 4 saturated carbocycles. The van der Waals surface area contributed by atoms with Crippen molar-refractivity contribution in [2.75, 3.05) is 56.9 Å². The van der Waals surface area contributed by atoms with Crippen LogP contribution in [0.3, 0.4) is 0 Å². The molecule has 4 fully saturated rings. The van der Waals surface area contributed by atoms with Gasteiger partial charge >= 0.3 is 0 Å². The minimum absolute atomic E-state index is 0.346. The third-order valence-corrected chi connectivity index (χ3v) is 9.03. The van der Waals surface area contributed by atoms with Crippen LogP contribution in [0.4, 0.5) is 0 Å². The van der Waals surface area contributed by atoms with Gasteiger partial charge in [0.15, 0.2) is 0 Å². The number of methoxy groups -OCH3 is 8. The Bertz CT molecular complexity index is 487. The van der Waals surface area contributed by atoms with E-state index in [-0.39, 0.29) is 0 Å². The molecular formula is C32H64O8. The van der Waals surface area contributed by atoms with E-state index in [2.05, 4.69) is 0 Å². The first-order valence-electron chi connectivity index (χ1n) is 15.7. The maximum absolute atomic E-state index is 5.27. The third-order valence-electron chi connectivity index (χ3n) is 9.03. The summed E-state index contributed by atoms with van der Waals surface area (Å²) < 4.78 is 42.0. The van der Waals surface area contributed by atoms with Crippen LogP contribution in [0, 0.1) is 0 Å². The van der Waals surface area contributed by atoms with Gasteiger partial charge < -0.3 is 37.9 Å². The Morgan fingerprint density at radius 3 is 0.775 bits per heavy atom. The Morgan fingerprint density at radius 1 is 0.275 bits per heavy atom. The van der Waals surface area contributed by atoms with Crippen LogP contribution in [0.2, 0.25) is 0 Å². The minimum atomic E-state index is 0.346. The maximum atomic E-state index is 5.27. The molecule has 6 unspecified atom stereocenters. The maximum Gasteiger partial charge on any atom is 0.0832 e. The van der Waals surface area contributed by atoms with E-state index in [9.17, 15) is 0 Å². The lowest BCUT2D eigenvalue weighted by Gasteiger charge is -2.28. The summed E-state index contributed by atoms with van der Waals surface area (Å²) in [5.41, 5.74) is 0. The van der Waals surface area contributed by atoms with E-state index in [4.69, 9.17) is 37.9 Å². The van der Waals surface area contributed by atoms with Crippen molar-refractivity contribution in [3.8, 4) is 0 Å². The van der Waals surface area contributed by atoms with Gasteiger partial charge in [0.05, 0.1) is 48.8 Å². The van der Waals surface area contributed by atoms with Crippen molar-refractivity contribution in [1.82, 2.24) is 0 Å². The van der Waals surface area contributed by atoms with Crippen molar-refractivity contribution in [1.29, 1.82) is 0 Å². The fraction of sp³-hybridized carbons (Fsp3) is 1.00. The predicted molar refractivity (Wildman–Crippen MR) is 160 cm³/mol. The average Bonchev–Trinajstić information content (AvgIpc) is 3.05. The molecule has 6 atom stereocenters. The lowest BCUT2D eigenvalue weighted by molar-refractivity contribution is -0.0577. The van der Waals surface area contributed by atoms with Crippen LogP contribution in [-0.2, 0) is 37.9 Å². The lowest BCUT2D eigenvalue weighted by Crippen LogP contribution is -2.32. The molecule has 8 nitrogen and oxygen atoms in total. The van der Waals surface area contributed by atoms with Crippen LogP contribution < -0.4 is 0 Å². The van der Waals surface area contributed by atoms with Crippen molar-refractivity contribution < 1.29 is 37.9 Å². The van der Waals surface area contributed by atoms with E-state index in [1.807, 2.05) is 0 Å². The smallest absolute Gasteiger partial charge is 0.0832 e. The molecule has 0 N–H and O–H groups in total. The van der Waals surface area contributed by atoms with Crippen LogP contribution in [0.5, 0.6) is 0 Å². The fourth-order valence-corrected chi connectivity index (χ4v) is 6.24. The van der Waals surface area contributed by atoms with E-state index in [1.165, 1.54) is 44.9 Å². The van der Waals surface area contributed by atoms with E-state index in [0.29, 0.717) is 48.8 Å². The van der Waals surface area contributed by atoms with Gasteiger partial charge in [-0.2, -0.15) is 0 Å². The van der Waals surface area contributed by atoms with Crippen molar-refractivity contribution in [2.45, 2.75) is 152 Å². The van der Waals surface area contributed by atoms with Crippen LogP contribution in [-0.4, -0.2) is 106 Å². The van der Waals surface area contributed by atoms with Crippen LogP contribution in [0.25, 0.3) is 0 Å². The highest BCUT2D eigenvalue weighted by atomic mass is 16.5. The van der Waals surface area contributed by atoms with E-state index in [0.717, 1.165) is 57.8 Å². The van der Waals surface area contributed by atoms with Crippen molar-refractivity contribution in [3.05, 3.63) is 0 Å². The largest absolute Gasteiger partial charge is 0.381 e. The summed E-state index contributed by atoms with van der Waals surface area (Å²) in [7, 11) is 14.2. The summed E-state index contributed by atoms with van der Waals surface area (Å²) in [6.45, 7) is 0. The standard InChI is InChI=1S/4C8H16O2/c1-9-7-3-5-8(10-2)6-4-7;1-9-7-4-3-5-8(6-7)10-2;2*1-9-7-5-3-4-6-8(7)10-2/h4*7-8H,3-6H2,1-2H3. The summed E-state index contributed by atoms with van der Waals surface area (Å²) in [5.74, 6) is 0. The molecule has 40 heavy (non-hydrogen) atoms. The minimum Gasteiger partial charge on any atom is -0.381 e. The Morgan fingerprint density at radius 2 is 0.550 bits per heavy atom. The zero-order valence-corrected chi connectivity index (χ0v) is 27.2. The first-order chi connectivity index (χ1) is 19.5. The van der Waals surface area contributed by atoms with Crippen molar-refractivity contribution >= 4 is 0 Å². The molecule has 0 radical (unpaired) electrons. The second-order valence-corrected chi connectivity index (χ2v) is 11.4. The highest BCUT2D eigenvalue weighted by molar-refractivity contribution is 4.76. The normalized spacial score (nSPS) is 34.2. The van der Waals surface area contributed by atoms with Gasteiger partial charge in [-0.05, 0) is 77.0 Å².